The molecule has 0 aromatic heterocycles. The van der Waals surface area contributed by atoms with E-state index in [-0.39, 0.29) is 57.4 Å². The second-order valence-electron chi connectivity index (χ2n) is 23.8. The standard InChI is InChI=1S/C35H63NO3.C19H33NO2.C16H31ClO.CH4.ClH/c1-3-5-7-9-11-12-13-14-15-16-17-19-21-23-34(39)36-35(30-37,31-38)29-28-33-26-24-32(25-27-33)22-20-18-10-8-6-4-2;1-2-3-4-5-6-7-8-17-9-11-18(12-10-17)13-14-19(20,15-21)16-22;1-2-3-4-5-6-7-8-9-10-11-12-13-14-15-16(17)18;;/h24-27,37-38H,3-23,28-31H2,1-2H3,(H,36,39);9-12,21-22H,2-8,13-16,20H2,1H3;2-15H2,1H3;1H4;1H. The maximum Gasteiger partial charge on any atom is 0.221 e. The van der Waals surface area contributed by atoms with Gasteiger partial charge in [-0.05, 0) is 98.1 Å². The van der Waals surface area contributed by atoms with Crippen molar-refractivity contribution in [2.75, 3.05) is 26.4 Å². The Kier molecular flexibility index (Phi) is 62.7. The molecule has 2 aromatic carbocycles. The van der Waals surface area contributed by atoms with Crippen LogP contribution >= 0.6 is 24.0 Å². The fourth-order valence-corrected chi connectivity index (χ4v) is 10.4. The zero-order valence-electron chi connectivity index (χ0n) is 52.4. The minimum atomic E-state index is -0.954. The number of aliphatic hydroxyl groups is 4. The van der Waals surface area contributed by atoms with E-state index in [0.717, 1.165) is 51.4 Å². The number of carbonyl (C=O) groups excluding carboxylic acids is 2. The number of hydrogen-bond donors (Lipinski definition) is 6. The van der Waals surface area contributed by atoms with Crippen LogP contribution in [0.4, 0.5) is 0 Å². The molecule has 0 unspecified atom stereocenters. The monoisotopic (exact) mass is 1180 g/mol. The second kappa shape index (κ2) is 61.1. The summed E-state index contributed by atoms with van der Waals surface area (Å²) in [5.74, 6) is -0.0598. The van der Waals surface area contributed by atoms with Crippen molar-refractivity contribution in [2.24, 2.45) is 5.73 Å². The zero-order valence-corrected chi connectivity index (χ0v) is 54.0. The first-order valence-electron chi connectivity index (χ1n) is 33.4. The predicted molar refractivity (Wildman–Crippen MR) is 355 cm³/mol. The molecule has 10 heteroatoms. The molecule has 1 amide bonds. The summed E-state index contributed by atoms with van der Waals surface area (Å²) >= 11 is 5.28. The lowest BCUT2D eigenvalue weighted by Crippen LogP contribution is -2.54. The van der Waals surface area contributed by atoms with Crippen LogP contribution in [0.25, 0.3) is 0 Å². The molecule has 2 aromatic rings. The molecule has 0 spiro atoms. The van der Waals surface area contributed by atoms with Crippen molar-refractivity contribution < 1.29 is 30.0 Å². The summed E-state index contributed by atoms with van der Waals surface area (Å²) in [6, 6.07) is 17.4. The maximum absolute atomic E-state index is 12.6. The van der Waals surface area contributed by atoms with Gasteiger partial charge in [-0.2, -0.15) is 0 Å². The lowest BCUT2D eigenvalue weighted by molar-refractivity contribution is -0.124. The molecule has 0 bridgehead atoms. The van der Waals surface area contributed by atoms with Crippen LogP contribution in [-0.2, 0) is 35.3 Å². The van der Waals surface area contributed by atoms with Gasteiger partial charge in [0, 0.05) is 12.8 Å². The Labute approximate surface area is 512 Å². The highest BCUT2D eigenvalue weighted by atomic mass is 35.5. The maximum atomic E-state index is 12.6. The van der Waals surface area contributed by atoms with Crippen molar-refractivity contribution in [1.82, 2.24) is 5.32 Å². The number of aliphatic hydroxyl groups excluding tert-OH is 4. The van der Waals surface area contributed by atoms with Crippen LogP contribution in [0.5, 0.6) is 0 Å². The molecule has 7 N–H and O–H groups in total. The molecule has 0 heterocycles. The summed E-state index contributed by atoms with van der Waals surface area (Å²) < 4.78 is 0. The van der Waals surface area contributed by atoms with Crippen molar-refractivity contribution >= 4 is 35.2 Å². The van der Waals surface area contributed by atoms with Crippen molar-refractivity contribution in [1.29, 1.82) is 0 Å². The SMILES string of the molecule is C.CCCCCCCCCCCCCCCC(=O)Cl.CCCCCCCCCCCCCCCC(=O)NC(CO)(CO)CCc1ccc(CCCCCCCC)cc1.CCCCCCCCc1ccc(CCC(N)(CO)CO)cc1.Cl. The molecule has 0 aliphatic heterocycles. The largest absolute Gasteiger partial charge is 0.394 e. The Morgan fingerprint density at radius 1 is 0.383 bits per heavy atom. The van der Waals surface area contributed by atoms with E-state index in [1.807, 2.05) is 0 Å². The minimum Gasteiger partial charge on any atom is -0.394 e. The van der Waals surface area contributed by atoms with E-state index in [4.69, 9.17) is 17.3 Å². The molecule has 81 heavy (non-hydrogen) atoms. The average molecular weight is 1180 g/mol. The van der Waals surface area contributed by atoms with E-state index in [1.165, 1.54) is 241 Å². The zero-order chi connectivity index (χ0) is 58.2. The van der Waals surface area contributed by atoms with Crippen LogP contribution in [0.15, 0.2) is 48.5 Å². The van der Waals surface area contributed by atoms with Crippen LogP contribution in [0, 0.1) is 0 Å². The van der Waals surface area contributed by atoms with Gasteiger partial charge in [-0.15, -0.1) is 12.4 Å². The third kappa shape index (κ3) is 52.1. The molecule has 0 saturated carbocycles. The highest BCUT2D eigenvalue weighted by molar-refractivity contribution is 6.63. The van der Waals surface area contributed by atoms with Crippen molar-refractivity contribution in [3.63, 3.8) is 0 Å². The molecule has 8 nitrogen and oxygen atoms in total. The van der Waals surface area contributed by atoms with E-state index in [2.05, 4.69) is 81.5 Å². The van der Waals surface area contributed by atoms with Gasteiger partial charge in [0.15, 0.2) is 0 Å². The molecule has 2 rings (SSSR count). The summed E-state index contributed by atoms with van der Waals surface area (Å²) in [5.41, 5.74) is 9.23. The van der Waals surface area contributed by atoms with Gasteiger partial charge in [-0.1, -0.05) is 302 Å². The van der Waals surface area contributed by atoms with E-state index in [1.54, 1.807) is 0 Å². The van der Waals surface area contributed by atoms with Crippen molar-refractivity contribution in [3.05, 3.63) is 70.8 Å². The number of nitrogens with one attached hydrogen (secondary N) is 1. The Hall–Kier alpha value is -2.04. The molecule has 0 atom stereocenters. The first-order chi connectivity index (χ1) is 38.5. The molecular formula is C71H132Cl2N2O6. The number of rotatable bonds is 53. The van der Waals surface area contributed by atoms with Gasteiger partial charge < -0.3 is 31.5 Å². The van der Waals surface area contributed by atoms with E-state index in [0.29, 0.717) is 25.7 Å². The number of benzene rings is 2. The number of nitrogens with two attached hydrogens (primary N) is 1. The topological polar surface area (TPSA) is 153 Å². The van der Waals surface area contributed by atoms with Gasteiger partial charge in [0.2, 0.25) is 11.1 Å². The molecule has 0 fully saturated rings. The van der Waals surface area contributed by atoms with Crippen LogP contribution in [0.1, 0.15) is 327 Å². The van der Waals surface area contributed by atoms with E-state index < -0.39 is 11.1 Å². The van der Waals surface area contributed by atoms with Gasteiger partial charge >= 0.3 is 0 Å². The van der Waals surface area contributed by atoms with Crippen LogP contribution in [-0.4, -0.2) is 69.1 Å². The molecule has 0 radical (unpaired) electrons. The lowest BCUT2D eigenvalue weighted by atomic mass is 9.91. The van der Waals surface area contributed by atoms with Gasteiger partial charge in [-0.25, -0.2) is 0 Å². The summed E-state index contributed by atoms with van der Waals surface area (Å²) in [5, 5.41) is 41.2. The molecule has 0 aliphatic carbocycles. The fraction of sp³-hybridized carbons (Fsp3) is 0.803. The van der Waals surface area contributed by atoms with Gasteiger partial charge in [0.25, 0.3) is 0 Å². The molecule has 476 valence electrons. The van der Waals surface area contributed by atoms with E-state index in [9.17, 15) is 30.0 Å². The quantitative estimate of drug-likeness (QED) is 0.0285. The Balaban J connectivity index is -0.00000123. The summed E-state index contributed by atoms with van der Waals surface area (Å²) in [7, 11) is 0. The number of halogens is 2. The van der Waals surface area contributed by atoms with E-state index >= 15 is 0 Å². The summed E-state index contributed by atoms with van der Waals surface area (Å²) in [6.45, 7) is 8.18. The lowest BCUT2D eigenvalue weighted by Gasteiger charge is -2.31. The Morgan fingerprint density at radius 3 is 0.901 bits per heavy atom. The average Bonchev–Trinajstić information content (AvgIpc) is 3.46. The Morgan fingerprint density at radius 2 is 0.630 bits per heavy atom. The van der Waals surface area contributed by atoms with Gasteiger partial charge in [0.05, 0.1) is 37.5 Å². The summed E-state index contributed by atoms with van der Waals surface area (Å²) in [6.07, 6.45) is 55.8. The van der Waals surface area contributed by atoms with Crippen LogP contribution in [0.2, 0.25) is 0 Å². The van der Waals surface area contributed by atoms with Gasteiger partial charge in [-0.3, -0.25) is 9.59 Å². The number of amides is 1. The molecule has 0 saturated heterocycles. The number of unbranched alkanes of at least 4 members (excludes halogenated alkanes) is 34. The number of carbonyl (C=O) groups is 2. The van der Waals surface area contributed by atoms with Crippen molar-refractivity contribution in [2.45, 2.75) is 342 Å². The van der Waals surface area contributed by atoms with Crippen molar-refractivity contribution in [3.8, 4) is 0 Å². The second-order valence-corrected chi connectivity index (χ2v) is 24.3. The first kappa shape index (κ1) is 83.2. The normalized spacial score (nSPS) is 11.2. The molecular weight excluding hydrogens is 1050 g/mol. The summed E-state index contributed by atoms with van der Waals surface area (Å²) in [4.78, 5) is 23.1. The fourth-order valence-electron chi connectivity index (χ4n) is 10.2. The predicted octanol–water partition coefficient (Wildman–Crippen LogP) is 19.3. The Bertz CT molecular complexity index is 1600. The third-order valence-electron chi connectivity index (χ3n) is 16.1. The van der Waals surface area contributed by atoms with Crippen LogP contribution < -0.4 is 11.1 Å². The van der Waals surface area contributed by atoms with Gasteiger partial charge in [0.1, 0.15) is 0 Å². The third-order valence-corrected chi connectivity index (χ3v) is 16.3. The highest BCUT2D eigenvalue weighted by Gasteiger charge is 2.30. The van der Waals surface area contributed by atoms with Crippen LogP contribution in [0.3, 0.4) is 0 Å². The molecule has 0 aliphatic rings. The first-order valence-corrected chi connectivity index (χ1v) is 33.7. The number of hydrogen-bond acceptors (Lipinski definition) is 7. The highest BCUT2D eigenvalue weighted by Crippen LogP contribution is 2.20. The number of aryl methyl sites for hydroxylation is 4. The minimum absolute atomic E-state index is 0. The smallest absolute Gasteiger partial charge is 0.221 e.